The third-order valence-corrected chi connectivity index (χ3v) is 8.99. The smallest absolute Gasteiger partial charge is 0.429 e. The lowest BCUT2D eigenvalue weighted by atomic mass is 9.81. The van der Waals surface area contributed by atoms with Crippen LogP contribution in [0.1, 0.15) is 147 Å². The minimum Gasteiger partial charge on any atom is -0.429 e. The van der Waals surface area contributed by atoms with Crippen LogP contribution in [0.2, 0.25) is 0 Å². The predicted octanol–water partition coefficient (Wildman–Crippen LogP) is 9.81. The van der Waals surface area contributed by atoms with Crippen molar-refractivity contribution in [2.24, 2.45) is 46.3 Å². The molecule has 0 heterocycles. The first-order valence-corrected chi connectivity index (χ1v) is 18.8. The molecule has 11 nitrogen and oxygen atoms in total. The SMILES string of the molecule is CC(CC(C)CC(CC(C)CC(C)CC(CC(C)CC(C)(C)C)OC(=O)OO)OS(=O)(=O)O)CC(CC(C)CC(C)(C)C)OCOO. The van der Waals surface area contributed by atoms with Crippen molar-refractivity contribution in [1.82, 2.24) is 0 Å². The fourth-order valence-corrected chi connectivity index (χ4v) is 8.27. The van der Waals surface area contributed by atoms with Gasteiger partial charge in [-0.1, -0.05) is 83.1 Å². The van der Waals surface area contributed by atoms with Crippen LogP contribution >= 0.6 is 0 Å². The highest BCUT2D eigenvalue weighted by Gasteiger charge is 2.28. The van der Waals surface area contributed by atoms with E-state index in [1.54, 1.807) is 0 Å². The Hall–Kier alpha value is -1.02. The zero-order valence-electron chi connectivity index (χ0n) is 31.5. The quantitative estimate of drug-likeness (QED) is 0.0290. The summed E-state index contributed by atoms with van der Waals surface area (Å²) in [7, 11) is -4.65. The molecule has 47 heavy (non-hydrogen) atoms. The lowest BCUT2D eigenvalue weighted by molar-refractivity contribution is -0.305. The van der Waals surface area contributed by atoms with E-state index in [2.05, 4.69) is 85.9 Å². The van der Waals surface area contributed by atoms with E-state index in [4.69, 9.17) is 24.2 Å². The Morgan fingerprint density at radius 1 is 0.596 bits per heavy atom. The average molecular weight is 699 g/mol. The second-order valence-electron chi connectivity index (χ2n) is 17.3. The molecule has 0 spiro atoms. The molecule has 0 aromatic heterocycles. The summed E-state index contributed by atoms with van der Waals surface area (Å²) in [5.74, 6) is 1.24. The Labute approximate surface area is 286 Å². The van der Waals surface area contributed by atoms with Crippen LogP contribution in [-0.2, 0) is 33.8 Å². The zero-order valence-corrected chi connectivity index (χ0v) is 32.3. The molecule has 0 amide bonds. The monoisotopic (exact) mass is 698 g/mol. The molecule has 0 radical (unpaired) electrons. The van der Waals surface area contributed by atoms with Crippen molar-refractivity contribution in [1.29, 1.82) is 0 Å². The van der Waals surface area contributed by atoms with E-state index < -0.39 is 28.8 Å². The first kappa shape index (κ1) is 46.0. The van der Waals surface area contributed by atoms with E-state index in [1.807, 2.05) is 6.92 Å². The third-order valence-electron chi connectivity index (χ3n) is 8.47. The average Bonchev–Trinajstić information content (AvgIpc) is 2.83. The standard InChI is InChI=1S/C35H70O11S/c1-24(15-30(42-23-43-37)19-28(5)21-34(7,8)9)13-26(3)17-32(46-47(39,40)41)18-27(4)14-25(2)16-31(44-33(36)45-38)20-29(6)22-35(10,11)12/h24-32,37-38H,13-23H2,1-12H3,(H,39,40,41). The van der Waals surface area contributed by atoms with Gasteiger partial charge in [-0.15, -0.1) is 0 Å². The molecule has 0 saturated carbocycles. The number of rotatable bonds is 24. The van der Waals surface area contributed by atoms with Gasteiger partial charge in [0.2, 0.25) is 0 Å². The minimum absolute atomic E-state index is 0.0550. The number of carbonyl (C=O) groups is 1. The molecule has 0 aliphatic carbocycles. The van der Waals surface area contributed by atoms with Crippen molar-refractivity contribution in [3.05, 3.63) is 0 Å². The van der Waals surface area contributed by atoms with Gasteiger partial charge >= 0.3 is 16.6 Å². The van der Waals surface area contributed by atoms with Gasteiger partial charge in [-0.05, 0) is 111 Å². The lowest BCUT2D eigenvalue weighted by Gasteiger charge is -2.29. The maximum Gasteiger partial charge on any atom is 0.540 e. The minimum atomic E-state index is -4.65. The summed E-state index contributed by atoms with van der Waals surface area (Å²) in [6.45, 7) is 25.5. The molecule has 0 rings (SSSR count). The molecule has 282 valence electrons. The summed E-state index contributed by atoms with van der Waals surface area (Å²) in [6, 6.07) is 0. The van der Waals surface area contributed by atoms with Crippen molar-refractivity contribution in [3.63, 3.8) is 0 Å². The molecule has 0 aromatic rings. The van der Waals surface area contributed by atoms with Gasteiger partial charge in [-0.3, -0.25) is 9.44 Å². The van der Waals surface area contributed by atoms with Crippen molar-refractivity contribution >= 4 is 16.6 Å². The molecule has 0 fully saturated rings. The van der Waals surface area contributed by atoms with Gasteiger partial charge in [-0.25, -0.2) is 19.1 Å². The summed E-state index contributed by atoms with van der Waals surface area (Å²) < 4.78 is 49.5. The molecule has 9 unspecified atom stereocenters. The van der Waals surface area contributed by atoms with Gasteiger partial charge in [0.05, 0.1) is 12.2 Å². The highest BCUT2D eigenvalue weighted by Crippen LogP contribution is 2.33. The topological polar surface area (TPSA) is 158 Å². The highest BCUT2D eigenvalue weighted by atomic mass is 32.3. The number of hydrogen-bond acceptors (Lipinski definition) is 10. The van der Waals surface area contributed by atoms with Crippen molar-refractivity contribution in [3.8, 4) is 0 Å². The predicted molar refractivity (Wildman–Crippen MR) is 184 cm³/mol. The largest absolute Gasteiger partial charge is 0.540 e. The Morgan fingerprint density at radius 2 is 0.957 bits per heavy atom. The van der Waals surface area contributed by atoms with Crippen molar-refractivity contribution in [2.45, 2.75) is 166 Å². The Morgan fingerprint density at radius 3 is 1.32 bits per heavy atom. The summed E-state index contributed by atoms with van der Waals surface area (Å²) in [6.07, 6.45) is 4.84. The van der Waals surface area contributed by atoms with E-state index >= 15 is 0 Å². The molecule has 9 atom stereocenters. The normalized spacial score (nSPS) is 18.8. The zero-order chi connectivity index (χ0) is 36.6. The van der Waals surface area contributed by atoms with Gasteiger partial charge in [0, 0.05) is 0 Å². The van der Waals surface area contributed by atoms with E-state index in [1.165, 1.54) is 0 Å². The number of ether oxygens (including phenoxy) is 2. The molecular weight excluding hydrogens is 628 g/mol. The van der Waals surface area contributed by atoms with Crippen LogP contribution in [0, 0.1) is 46.3 Å². The number of hydrogen-bond donors (Lipinski definition) is 3. The Balaban J connectivity index is 5.33. The summed E-state index contributed by atoms with van der Waals surface area (Å²) in [5.41, 5.74) is 0.316. The Bertz CT molecular complexity index is 944. The van der Waals surface area contributed by atoms with Gasteiger partial charge < -0.3 is 9.47 Å². The van der Waals surface area contributed by atoms with E-state index in [0.717, 1.165) is 38.5 Å². The van der Waals surface area contributed by atoms with E-state index in [-0.39, 0.29) is 53.3 Å². The van der Waals surface area contributed by atoms with Crippen LogP contribution in [0.25, 0.3) is 0 Å². The maximum absolute atomic E-state index is 11.8. The fourth-order valence-electron chi connectivity index (χ4n) is 7.76. The molecule has 0 saturated heterocycles. The molecule has 0 aliphatic rings. The number of carbonyl (C=O) groups excluding carboxylic acids is 1. The van der Waals surface area contributed by atoms with Crippen LogP contribution in [0.4, 0.5) is 4.79 Å². The fraction of sp³-hybridized carbons (Fsp3) is 0.971. The van der Waals surface area contributed by atoms with E-state index in [9.17, 15) is 17.8 Å². The van der Waals surface area contributed by atoms with Crippen LogP contribution in [0.15, 0.2) is 0 Å². The van der Waals surface area contributed by atoms with Crippen LogP contribution < -0.4 is 0 Å². The molecule has 12 heteroatoms. The molecular formula is C35H70O11S. The second-order valence-corrected chi connectivity index (χ2v) is 18.4. The molecule has 3 N–H and O–H groups in total. The Kier molecular flexibility index (Phi) is 21.5. The molecule has 0 bridgehead atoms. The van der Waals surface area contributed by atoms with Gasteiger partial charge in [-0.2, -0.15) is 13.7 Å². The summed E-state index contributed by atoms with van der Waals surface area (Å²) in [5, 5.41) is 17.6. The van der Waals surface area contributed by atoms with Crippen LogP contribution in [-0.4, -0.2) is 54.7 Å². The summed E-state index contributed by atoms with van der Waals surface area (Å²) in [4.78, 5) is 19.7. The van der Waals surface area contributed by atoms with Gasteiger partial charge in [0.1, 0.15) is 6.10 Å². The van der Waals surface area contributed by atoms with Crippen molar-refractivity contribution in [2.75, 3.05) is 6.79 Å². The second kappa shape index (κ2) is 21.9. The first-order chi connectivity index (χ1) is 21.4. The van der Waals surface area contributed by atoms with Gasteiger partial charge in [0.15, 0.2) is 6.79 Å². The highest BCUT2D eigenvalue weighted by molar-refractivity contribution is 7.80. The van der Waals surface area contributed by atoms with Crippen LogP contribution in [0.5, 0.6) is 0 Å². The van der Waals surface area contributed by atoms with Crippen molar-refractivity contribution < 1.29 is 51.7 Å². The van der Waals surface area contributed by atoms with Crippen LogP contribution in [0.3, 0.4) is 0 Å². The van der Waals surface area contributed by atoms with E-state index in [0.29, 0.717) is 31.6 Å². The first-order valence-electron chi connectivity index (χ1n) is 17.5. The molecule has 0 aliphatic heterocycles. The molecule has 0 aromatic carbocycles. The maximum atomic E-state index is 11.8. The third kappa shape index (κ3) is 26.5. The van der Waals surface area contributed by atoms with Gasteiger partial charge in [0.25, 0.3) is 0 Å². The summed E-state index contributed by atoms with van der Waals surface area (Å²) >= 11 is 0. The lowest BCUT2D eigenvalue weighted by Crippen LogP contribution is -2.27.